The van der Waals surface area contributed by atoms with Gasteiger partial charge in [0.2, 0.25) is 0 Å². The Morgan fingerprint density at radius 3 is 2.81 bits per heavy atom. The van der Waals surface area contributed by atoms with Crippen LogP contribution in [0, 0.1) is 13.8 Å². The molecule has 2 atom stereocenters. The minimum atomic E-state index is -0.762. The molecule has 114 valence electrons. The van der Waals surface area contributed by atoms with Crippen molar-refractivity contribution in [2.45, 2.75) is 39.3 Å². The highest BCUT2D eigenvalue weighted by Crippen LogP contribution is 2.18. The predicted octanol–water partition coefficient (Wildman–Crippen LogP) is 2.52. The maximum absolute atomic E-state index is 11.8. The zero-order chi connectivity index (χ0) is 15.4. The van der Waals surface area contributed by atoms with E-state index in [0.29, 0.717) is 17.9 Å². The first-order valence-electron chi connectivity index (χ1n) is 6.68. The van der Waals surface area contributed by atoms with Crippen LogP contribution in [-0.4, -0.2) is 22.2 Å². The van der Waals surface area contributed by atoms with E-state index in [1.807, 2.05) is 0 Å². The highest BCUT2D eigenvalue weighted by atomic mass is 16.4. The van der Waals surface area contributed by atoms with Gasteiger partial charge in [-0.3, -0.25) is 5.32 Å². The SMILES string of the molecule is Cc1nc(NC(=O)NC(C)CC(O)c2ccco2)oc1C. The molecule has 0 aliphatic rings. The van der Waals surface area contributed by atoms with E-state index in [1.165, 1.54) is 6.26 Å². The van der Waals surface area contributed by atoms with Crippen molar-refractivity contribution in [3.63, 3.8) is 0 Å². The van der Waals surface area contributed by atoms with Gasteiger partial charge in [-0.2, -0.15) is 4.98 Å². The van der Waals surface area contributed by atoms with E-state index in [-0.39, 0.29) is 12.1 Å². The first kappa shape index (κ1) is 15.1. The van der Waals surface area contributed by atoms with Crippen LogP contribution in [0.4, 0.5) is 10.8 Å². The van der Waals surface area contributed by atoms with Crippen molar-refractivity contribution in [1.82, 2.24) is 10.3 Å². The van der Waals surface area contributed by atoms with Crippen molar-refractivity contribution in [2.75, 3.05) is 5.32 Å². The lowest BCUT2D eigenvalue weighted by Gasteiger charge is -2.16. The minimum absolute atomic E-state index is 0.154. The van der Waals surface area contributed by atoms with E-state index in [2.05, 4.69) is 15.6 Å². The number of amides is 2. The number of rotatable bonds is 5. The Morgan fingerprint density at radius 2 is 2.24 bits per heavy atom. The van der Waals surface area contributed by atoms with Crippen LogP contribution in [0.5, 0.6) is 0 Å². The normalized spacial score (nSPS) is 13.7. The zero-order valence-corrected chi connectivity index (χ0v) is 12.2. The van der Waals surface area contributed by atoms with Crippen molar-refractivity contribution < 1.29 is 18.7 Å². The van der Waals surface area contributed by atoms with Gasteiger partial charge in [0.05, 0.1) is 12.0 Å². The molecule has 0 aliphatic heterocycles. The fraction of sp³-hybridized carbons (Fsp3) is 0.429. The second kappa shape index (κ2) is 6.45. The van der Waals surface area contributed by atoms with Crippen LogP contribution in [0.25, 0.3) is 0 Å². The fourth-order valence-corrected chi connectivity index (χ4v) is 1.87. The summed E-state index contributed by atoms with van der Waals surface area (Å²) in [6, 6.07) is 2.87. The highest BCUT2D eigenvalue weighted by molar-refractivity contribution is 5.87. The van der Waals surface area contributed by atoms with Crippen LogP contribution in [0.1, 0.15) is 36.7 Å². The summed E-state index contributed by atoms with van der Waals surface area (Å²) in [5.74, 6) is 1.13. The molecule has 21 heavy (non-hydrogen) atoms. The van der Waals surface area contributed by atoms with E-state index in [1.54, 1.807) is 32.9 Å². The van der Waals surface area contributed by atoms with Crippen molar-refractivity contribution in [2.24, 2.45) is 0 Å². The molecule has 0 saturated heterocycles. The number of aromatic nitrogens is 1. The third kappa shape index (κ3) is 4.09. The molecule has 0 radical (unpaired) electrons. The Morgan fingerprint density at radius 1 is 1.48 bits per heavy atom. The molecule has 2 aromatic rings. The van der Waals surface area contributed by atoms with Gasteiger partial charge in [-0.25, -0.2) is 4.79 Å². The van der Waals surface area contributed by atoms with Crippen LogP contribution in [0.15, 0.2) is 27.2 Å². The predicted molar refractivity (Wildman–Crippen MR) is 75.9 cm³/mol. The molecule has 2 unspecified atom stereocenters. The van der Waals surface area contributed by atoms with Crippen LogP contribution in [0.2, 0.25) is 0 Å². The maximum atomic E-state index is 11.8. The molecule has 2 aromatic heterocycles. The number of nitrogens with zero attached hydrogens (tertiary/aromatic N) is 1. The molecular weight excluding hydrogens is 274 g/mol. The summed E-state index contributed by atoms with van der Waals surface area (Å²) < 4.78 is 10.4. The molecule has 0 fully saturated rings. The van der Waals surface area contributed by atoms with Crippen LogP contribution < -0.4 is 10.6 Å². The first-order chi connectivity index (χ1) is 9.95. The lowest BCUT2D eigenvalue weighted by Crippen LogP contribution is -2.37. The van der Waals surface area contributed by atoms with E-state index < -0.39 is 12.1 Å². The number of aliphatic hydroxyl groups excluding tert-OH is 1. The number of aryl methyl sites for hydroxylation is 2. The zero-order valence-electron chi connectivity index (χ0n) is 12.2. The lowest BCUT2D eigenvalue weighted by molar-refractivity contribution is 0.130. The van der Waals surface area contributed by atoms with E-state index in [0.717, 1.165) is 5.69 Å². The third-order valence-corrected chi connectivity index (χ3v) is 3.07. The van der Waals surface area contributed by atoms with Gasteiger partial charge >= 0.3 is 12.0 Å². The van der Waals surface area contributed by atoms with Gasteiger partial charge in [-0.05, 0) is 32.9 Å². The van der Waals surface area contributed by atoms with E-state index in [4.69, 9.17) is 8.83 Å². The molecule has 0 aromatic carbocycles. The summed E-state index contributed by atoms with van der Waals surface area (Å²) in [5.41, 5.74) is 0.728. The summed E-state index contributed by atoms with van der Waals surface area (Å²) in [6.07, 6.45) is 1.07. The van der Waals surface area contributed by atoms with Gasteiger partial charge in [0.25, 0.3) is 0 Å². The number of aliphatic hydroxyl groups is 1. The van der Waals surface area contributed by atoms with Crippen LogP contribution in [-0.2, 0) is 0 Å². The number of furan rings is 1. The summed E-state index contributed by atoms with van der Waals surface area (Å²) in [7, 11) is 0. The Hall–Kier alpha value is -2.28. The molecule has 2 amide bonds. The fourth-order valence-electron chi connectivity index (χ4n) is 1.87. The van der Waals surface area contributed by atoms with Gasteiger partial charge in [-0.1, -0.05) is 0 Å². The lowest BCUT2D eigenvalue weighted by atomic mass is 10.1. The van der Waals surface area contributed by atoms with E-state index >= 15 is 0 Å². The monoisotopic (exact) mass is 293 g/mol. The maximum Gasteiger partial charge on any atom is 0.323 e. The Labute approximate surface area is 122 Å². The average molecular weight is 293 g/mol. The molecule has 7 nitrogen and oxygen atoms in total. The van der Waals surface area contributed by atoms with Crippen molar-refractivity contribution in [3.8, 4) is 0 Å². The molecule has 2 heterocycles. The first-order valence-corrected chi connectivity index (χ1v) is 6.68. The molecule has 2 rings (SSSR count). The summed E-state index contributed by atoms with van der Waals surface area (Å²) in [4.78, 5) is 15.8. The highest BCUT2D eigenvalue weighted by Gasteiger charge is 2.17. The molecule has 7 heteroatoms. The van der Waals surface area contributed by atoms with Crippen LogP contribution >= 0.6 is 0 Å². The second-order valence-corrected chi connectivity index (χ2v) is 4.93. The molecular formula is C14H19N3O4. The minimum Gasteiger partial charge on any atom is -0.467 e. The van der Waals surface area contributed by atoms with Gasteiger partial charge in [0.15, 0.2) is 0 Å². The summed E-state index contributed by atoms with van der Waals surface area (Å²) in [5, 5.41) is 15.1. The standard InChI is InChI=1S/C14H19N3O4/c1-8(7-11(18)12-5-4-6-20-12)15-13(19)17-14-16-9(2)10(3)21-14/h4-6,8,11,18H,7H2,1-3H3,(H2,15,16,17,19). The van der Waals surface area contributed by atoms with Gasteiger partial charge in [0.1, 0.15) is 17.6 Å². The molecule has 3 N–H and O–H groups in total. The smallest absolute Gasteiger partial charge is 0.323 e. The topological polar surface area (TPSA) is 101 Å². The number of carbonyl (C=O) groups excluding carboxylic acids is 1. The second-order valence-electron chi connectivity index (χ2n) is 4.93. The summed E-state index contributed by atoms with van der Waals surface area (Å²) in [6.45, 7) is 5.36. The van der Waals surface area contributed by atoms with Crippen molar-refractivity contribution in [3.05, 3.63) is 35.6 Å². The molecule has 0 spiro atoms. The van der Waals surface area contributed by atoms with Gasteiger partial charge < -0.3 is 19.3 Å². The Bertz CT molecular complexity index is 572. The summed E-state index contributed by atoms with van der Waals surface area (Å²) >= 11 is 0. The number of urea groups is 1. The van der Waals surface area contributed by atoms with Gasteiger partial charge in [-0.15, -0.1) is 0 Å². The number of hydrogen-bond acceptors (Lipinski definition) is 5. The van der Waals surface area contributed by atoms with Crippen molar-refractivity contribution in [1.29, 1.82) is 0 Å². The molecule has 0 bridgehead atoms. The number of hydrogen-bond donors (Lipinski definition) is 3. The van der Waals surface area contributed by atoms with Crippen LogP contribution in [0.3, 0.4) is 0 Å². The van der Waals surface area contributed by atoms with E-state index in [9.17, 15) is 9.90 Å². The number of carbonyl (C=O) groups is 1. The number of anilines is 1. The largest absolute Gasteiger partial charge is 0.467 e. The van der Waals surface area contributed by atoms with Gasteiger partial charge in [0, 0.05) is 12.5 Å². The molecule has 0 aliphatic carbocycles. The average Bonchev–Trinajstić information content (AvgIpc) is 3.00. The number of nitrogens with one attached hydrogen (secondary N) is 2. The third-order valence-electron chi connectivity index (χ3n) is 3.07. The Balaban J connectivity index is 1.82. The molecule has 0 saturated carbocycles. The van der Waals surface area contributed by atoms with Crippen molar-refractivity contribution >= 4 is 12.0 Å². The Kier molecular flexibility index (Phi) is 4.64. The quantitative estimate of drug-likeness (QED) is 0.786. The number of oxazole rings is 1.